The summed E-state index contributed by atoms with van der Waals surface area (Å²) >= 11 is 0.921. The average Bonchev–Trinajstić information content (AvgIpc) is 2.45. The average molecular weight is 400 g/mol. The zero-order valence-corrected chi connectivity index (χ0v) is 15.1. The van der Waals surface area contributed by atoms with Crippen LogP contribution in [0, 0.1) is 5.92 Å². The van der Waals surface area contributed by atoms with Crippen LogP contribution in [-0.2, 0) is 9.53 Å². The third kappa shape index (κ3) is 7.22. The number of carbonyl (C=O) groups excluding carboxylic acids is 1. The van der Waals surface area contributed by atoms with Gasteiger partial charge in [0, 0.05) is 6.42 Å². The van der Waals surface area contributed by atoms with Crippen LogP contribution in [0.15, 0.2) is 0 Å². The largest absolute Gasteiger partial charge is 0.465 e. The number of esters is 1. The summed E-state index contributed by atoms with van der Waals surface area (Å²) in [7, 11) is 0. The van der Waals surface area contributed by atoms with Gasteiger partial charge in [-0.25, -0.2) is 0 Å². The van der Waals surface area contributed by atoms with Crippen molar-refractivity contribution in [3.63, 3.8) is 0 Å². The molecule has 0 saturated heterocycles. The van der Waals surface area contributed by atoms with Gasteiger partial charge in [-0.15, -0.1) is 11.8 Å². The lowest BCUT2D eigenvalue weighted by Gasteiger charge is -2.28. The molecular weight excluding hydrogens is 377 g/mol. The number of unbranched alkanes of at least 4 members (excludes halogenated alkanes) is 1. The molecule has 0 aromatic carbocycles. The van der Waals surface area contributed by atoms with Crippen molar-refractivity contribution in [3.05, 3.63) is 0 Å². The Bertz CT molecular complexity index is 411. The number of hydrogen-bond acceptors (Lipinski definition) is 3. The molecule has 1 unspecified atom stereocenters. The van der Waals surface area contributed by atoms with Crippen LogP contribution in [0.2, 0.25) is 0 Å². The first-order valence-corrected chi connectivity index (χ1v) is 8.93. The number of halogens is 7. The van der Waals surface area contributed by atoms with E-state index < -0.39 is 42.1 Å². The second-order valence-electron chi connectivity index (χ2n) is 5.94. The first kappa shape index (κ1) is 24.3. The van der Waals surface area contributed by atoms with Crippen LogP contribution in [0.1, 0.15) is 46.5 Å². The van der Waals surface area contributed by atoms with E-state index in [1.165, 1.54) is 0 Å². The van der Waals surface area contributed by atoms with E-state index >= 15 is 0 Å². The molecule has 0 amide bonds. The number of alkyl halides is 7. The highest BCUT2D eigenvalue weighted by atomic mass is 32.2. The van der Waals surface area contributed by atoms with Crippen molar-refractivity contribution >= 4 is 17.7 Å². The van der Waals surface area contributed by atoms with Gasteiger partial charge < -0.3 is 4.74 Å². The molecule has 0 rings (SSSR count). The summed E-state index contributed by atoms with van der Waals surface area (Å²) in [6.45, 7) is 5.52. The highest BCUT2D eigenvalue weighted by Crippen LogP contribution is 2.48. The maximum absolute atomic E-state index is 13.2. The summed E-state index contributed by atoms with van der Waals surface area (Å²) in [6, 6.07) is 0. The molecule has 10 heteroatoms. The first-order chi connectivity index (χ1) is 11.3. The maximum atomic E-state index is 13.2. The number of hydrogen-bond donors (Lipinski definition) is 0. The van der Waals surface area contributed by atoms with E-state index in [-0.39, 0.29) is 18.3 Å². The minimum absolute atomic E-state index is 0.157. The topological polar surface area (TPSA) is 26.3 Å². The van der Waals surface area contributed by atoms with E-state index in [2.05, 4.69) is 0 Å². The van der Waals surface area contributed by atoms with Crippen molar-refractivity contribution in [2.45, 2.75) is 69.7 Å². The van der Waals surface area contributed by atoms with Crippen LogP contribution >= 0.6 is 11.8 Å². The van der Waals surface area contributed by atoms with Crippen molar-refractivity contribution in [1.29, 1.82) is 0 Å². The lowest BCUT2D eigenvalue weighted by molar-refractivity contribution is -0.355. The zero-order valence-electron chi connectivity index (χ0n) is 14.3. The molecule has 1 atom stereocenters. The number of ether oxygens (including phenoxy) is 1. The molecule has 0 aliphatic heterocycles. The fourth-order valence-corrected chi connectivity index (χ4v) is 2.95. The Kier molecular flexibility index (Phi) is 9.61. The summed E-state index contributed by atoms with van der Waals surface area (Å²) in [5, 5.41) is -0.686. The molecule has 0 saturated carbocycles. The molecule has 0 spiro atoms. The van der Waals surface area contributed by atoms with Gasteiger partial charge in [-0.1, -0.05) is 27.2 Å². The SMILES string of the molecule is CCCCOC(=O)C(SCCCC(F)(F)C(F)(F)C(F)(F)F)C(C)C. The minimum atomic E-state index is -6.31. The van der Waals surface area contributed by atoms with Crippen molar-refractivity contribution in [2.75, 3.05) is 12.4 Å². The van der Waals surface area contributed by atoms with Crippen LogP contribution in [0.5, 0.6) is 0 Å². The first-order valence-electron chi connectivity index (χ1n) is 7.88. The molecule has 0 aliphatic rings. The Morgan fingerprint density at radius 1 is 1.04 bits per heavy atom. The summed E-state index contributed by atoms with van der Waals surface area (Å²) in [4.78, 5) is 11.9. The lowest BCUT2D eigenvalue weighted by Crippen LogP contribution is -2.51. The minimum Gasteiger partial charge on any atom is -0.465 e. The molecule has 2 nitrogen and oxygen atoms in total. The van der Waals surface area contributed by atoms with Gasteiger partial charge in [0.15, 0.2) is 0 Å². The van der Waals surface area contributed by atoms with Gasteiger partial charge >= 0.3 is 24.0 Å². The van der Waals surface area contributed by atoms with Gasteiger partial charge in [-0.05, 0) is 24.5 Å². The third-order valence-corrected chi connectivity index (χ3v) is 4.95. The quantitative estimate of drug-likeness (QED) is 0.253. The van der Waals surface area contributed by atoms with Crippen molar-refractivity contribution in [2.24, 2.45) is 5.92 Å². The van der Waals surface area contributed by atoms with Crippen LogP contribution in [0.3, 0.4) is 0 Å². The van der Waals surface area contributed by atoms with Gasteiger partial charge in [-0.3, -0.25) is 4.79 Å². The van der Waals surface area contributed by atoms with Crippen LogP contribution in [0.25, 0.3) is 0 Å². The molecule has 0 N–H and O–H groups in total. The Hall–Kier alpha value is -0.670. The number of carbonyl (C=O) groups is 1. The molecule has 0 aromatic heterocycles. The smallest absolute Gasteiger partial charge is 0.459 e. The van der Waals surface area contributed by atoms with Crippen LogP contribution < -0.4 is 0 Å². The Balaban J connectivity index is 4.54. The van der Waals surface area contributed by atoms with Gasteiger partial charge in [0.25, 0.3) is 0 Å². The van der Waals surface area contributed by atoms with E-state index in [1.54, 1.807) is 13.8 Å². The van der Waals surface area contributed by atoms with Gasteiger partial charge in [-0.2, -0.15) is 30.7 Å². The molecule has 25 heavy (non-hydrogen) atoms. The molecule has 0 aliphatic carbocycles. The molecular formula is C15H23F7O2S. The number of thioether (sulfide) groups is 1. The van der Waals surface area contributed by atoms with E-state index in [9.17, 15) is 35.5 Å². The van der Waals surface area contributed by atoms with Crippen molar-refractivity contribution in [1.82, 2.24) is 0 Å². The van der Waals surface area contributed by atoms with Gasteiger partial charge in [0.1, 0.15) is 5.25 Å². The predicted molar refractivity (Wildman–Crippen MR) is 82.1 cm³/mol. The summed E-state index contributed by atoms with van der Waals surface area (Å²) in [5.74, 6) is -12.2. The second kappa shape index (κ2) is 9.87. The van der Waals surface area contributed by atoms with Crippen molar-refractivity contribution in [3.8, 4) is 0 Å². The standard InChI is InChI=1S/C15H23F7O2S/c1-4-5-8-24-12(23)11(10(2)3)25-9-6-7-13(16,17)14(18,19)15(20,21)22/h10-11H,4-9H2,1-3H3. The van der Waals surface area contributed by atoms with Crippen molar-refractivity contribution < 1.29 is 40.3 Å². The summed E-state index contributed by atoms with van der Waals surface area (Å²) < 4.78 is 93.0. The highest BCUT2D eigenvalue weighted by molar-refractivity contribution is 8.00. The normalized spacial score (nSPS) is 14.7. The Labute approximate surface area is 146 Å². The highest BCUT2D eigenvalue weighted by Gasteiger charge is 2.72. The van der Waals surface area contributed by atoms with E-state index in [4.69, 9.17) is 4.74 Å². The Morgan fingerprint density at radius 3 is 2.04 bits per heavy atom. The monoisotopic (exact) mass is 400 g/mol. The fraction of sp³-hybridized carbons (Fsp3) is 0.933. The Morgan fingerprint density at radius 2 is 1.60 bits per heavy atom. The van der Waals surface area contributed by atoms with Gasteiger partial charge in [0.2, 0.25) is 0 Å². The zero-order chi connectivity index (χ0) is 19.9. The maximum Gasteiger partial charge on any atom is 0.459 e. The molecule has 0 heterocycles. The summed E-state index contributed by atoms with van der Waals surface area (Å²) in [6.07, 6.45) is -7.04. The number of rotatable bonds is 11. The van der Waals surface area contributed by atoms with E-state index in [1.807, 2.05) is 6.92 Å². The van der Waals surface area contributed by atoms with E-state index in [0.717, 1.165) is 18.2 Å². The van der Waals surface area contributed by atoms with Crippen LogP contribution in [-0.4, -0.2) is 41.6 Å². The fourth-order valence-electron chi connectivity index (χ4n) is 1.80. The molecule has 0 fully saturated rings. The summed E-state index contributed by atoms with van der Waals surface area (Å²) in [5.41, 5.74) is 0. The molecule has 150 valence electrons. The van der Waals surface area contributed by atoms with Gasteiger partial charge in [0.05, 0.1) is 6.61 Å². The second-order valence-corrected chi connectivity index (χ2v) is 7.19. The van der Waals surface area contributed by atoms with E-state index in [0.29, 0.717) is 6.42 Å². The lowest BCUT2D eigenvalue weighted by atomic mass is 10.1. The molecule has 0 radical (unpaired) electrons. The predicted octanol–water partition coefficient (Wildman–Crippen LogP) is 5.70. The molecule has 0 bridgehead atoms. The third-order valence-electron chi connectivity index (χ3n) is 3.33. The molecule has 0 aromatic rings. The van der Waals surface area contributed by atoms with Crippen LogP contribution in [0.4, 0.5) is 30.7 Å².